The van der Waals surface area contributed by atoms with Gasteiger partial charge in [-0.05, 0) is 32.2 Å². The lowest BCUT2D eigenvalue weighted by Gasteiger charge is -2.36. The van der Waals surface area contributed by atoms with Crippen LogP contribution in [0.3, 0.4) is 0 Å². The fourth-order valence-corrected chi connectivity index (χ4v) is 2.59. The van der Waals surface area contributed by atoms with Gasteiger partial charge < -0.3 is 15.5 Å². The van der Waals surface area contributed by atoms with Gasteiger partial charge >= 0.3 is 0 Å². The van der Waals surface area contributed by atoms with Gasteiger partial charge in [-0.2, -0.15) is 0 Å². The Kier molecular flexibility index (Phi) is 3.79. The molecule has 0 spiro atoms. The number of nitrogens with zero attached hydrogens (tertiary/aromatic N) is 1. The number of rotatable bonds is 2. The van der Waals surface area contributed by atoms with Crippen molar-refractivity contribution >= 4 is 0 Å². The van der Waals surface area contributed by atoms with E-state index in [-0.39, 0.29) is 0 Å². The van der Waals surface area contributed by atoms with Crippen LogP contribution in [0, 0.1) is 5.92 Å². The lowest BCUT2D eigenvalue weighted by Crippen LogP contribution is -2.49. The molecule has 0 aliphatic carbocycles. The minimum atomic E-state index is 0.721. The summed E-state index contributed by atoms with van der Waals surface area (Å²) < 4.78 is 0. The Labute approximate surface area is 87.2 Å². The van der Waals surface area contributed by atoms with Crippen molar-refractivity contribution in [2.75, 3.05) is 39.3 Å². The van der Waals surface area contributed by atoms with Crippen LogP contribution in [0.1, 0.15) is 19.8 Å². The summed E-state index contributed by atoms with van der Waals surface area (Å²) in [6.07, 6.45) is 2.78. The Balaban J connectivity index is 1.76. The van der Waals surface area contributed by atoms with Crippen molar-refractivity contribution in [1.82, 2.24) is 15.5 Å². The molecule has 2 aliphatic heterocycles. The SMILES string of the molecule is C[C@H]1NCCC[C@@H]1CN1CCNCC1. The van der Waals surface area contributed by atoms with Gasteiger partial charge in [-0.3, -0.25) is 0 Å². The molecule has 2 aliphatic rings. The van der Waals surface area contributed by atoms with E-state index in [0.29, 0.717) is 0 Å². The predicted molar refractivity (Wildman–Crippen MR) is 59.5 cm³/mol. The van der Waals surface area contributed by atoms with Crippen molar-refractivity contribution in [3.8, 4) is 0 Å². The second kappa shape index (κ2) is 5.10. The highest BCUT2D eigenvalue weighted by molar-refractivity contribution is 4.81. The van der Waals surface area contributed by atoms with E-state index in [1.807, 2.05) is 0 Å². The molecular formula is C11H23N3. The van der Waals surface area contributed by atoms with E-state index in [2.05, 4.69) is 22.5 Å². The van der Waals surface area contributed by atoms with Crippen LogP contribution >= 0.6 is 0 Å². The van der Waals surface area contributed by atoms with Gasteiger partial charge in [0, 0.05) is 38.8 Å². The van der Waals surface area contributed by atoms with Gasteiger partial charge in [0.15, 0.2) is 0 Å². The Bertz CT molecular complexity index is 166. The molecule has 2 rings (SSSR count). The van der Waals surface area contributed by atoms with E-state index in [4.69, 9.17) is 0 Å². The first-order valence-corrected chi connectivity index (χ1v) is 6.03. The van der Waals surface area contributed by atoms with Crippen LogP contribution < -0.4 is 10.6 Å². The zero-order chi connectivity index (χ0) is 9.80. The van der Waals surface area contributed by atoms with E-state index in [1.165, 1.54) is 52.1 Å². The zero-order valence-corrected chi connectivity index (χ0v) is 9.26. The molecule has 0 bridgehead atoms. The molecule has 3 heteroatoms. The summed E-state index contributed by atoms with van der Waals surface area (Å²) in [5.74, 6) is 0.877. The molecule has 82 valence electrons. The van der Waals surface area contributed by atoms with E-state index < -0.39 is 0 Å². The van der Waals surface area contributed by atoms with Crippen LogP contribution in [-0.2, 0) is 0 Å². The first kappa shape index (κ1) is 10.4. The van der Waals surface area contributed by atoms with E-state index in [9.17, 15) is 0 Å². The molecule has 2 N–H and O–H groups in total. The van der Waals surface area contributed by atoms with Gasteiger partial charge in [-0.15, -0.1) is 0 Å². The molecule has 3 nitrogen and oxygen atoms in total. The minimum Gasteiger partial charge on any atom is -0.314 e. The van der Waals surface area contributed by atoms with Crippen LogP contribution in [0.25, 0.3) is 0 Å². The Morgan fingerprint density at radius 3 is 2.71 bits per heavy atom. The molecule has 0 saturated carbocycles. The highest BCUT2D eigenvalue weighted by atomic mass is 15.2. The Hall–Kier alpha value is -0.120. The van der Waals surface area contributed by atoms with Gasteiger partial charge in [0.25, 0.3) is 0 Å². The fourth-order valence-electron chi connectivity index (χ4n) is 2.59. The van der Waals surface area contributed by atoms with Gasteiger partial charge in [0.2, 0.25) is 0 Å². The van der Waals surface area contributed by atoms with E-state index in [1.54, 1.807) is 0 Å². The number of piperidine rings is 1. The monoisotopic (exact) mass is 197 g/mol. The molecule has 0 aromatic heterocycles. The maximum Gasteiger partial charge on any atom is 0.0107 e. The van der Waals surface area contributed by atoms with Crippen LogP contribution in [-0.4, -0.2) is 50.2 Å². The lowest BCUT2D eigenvalue weighted by molar-refractivity contribution is 0.165. The number of hydrogen-bond acceptors (Lipinski definition) is 3. The van der Waals surface area contributed by atoms with E-state index >= 15 is 0 Å². The van der Waals surface area contributed by atoms with Crippen LogP contribution in [0.4, 0.5) is 0 Å². The predicted octanol–water partition coefficient (Wildman–Crippen LogP) is 0.280. The number of hydrogen-bond donors (Lipinski definition) is 2. The molecule has 2 heterocycles. The molecule has 14 heavy (non-hydrogen) atoms. The smallest absolute Gasteiger partial charge is 0.0107 e. The third-order valence-electron chi connectivity index (χ3n) is 3.63. The average Bonchev–Trinajstić information content (AvgIpc) is 2.23. The van der Waals surface area contributed by atoms with Crippen molar-refractivity contribution in [3.63, 3.8) is 0 Å². The zero-order valence-electron chi connectivity index (χ0n) is 9.26. The van der Waals surface area contributed by atoms with Crippen molar-refractivity contribution in [3.05, 3.63) is 0 Å². The molecule has 0 radical (unpaired) electrons. The quantitative estimate of drug-likeness (QED) is 0.666. The van der Waals surface area contributed by atoms with Crippen LogP contribution in [0.5, 0.6) is 0 Å². The maximum atomic E-state index is 3.58. The summed E-state index contributed by atoms with van der Waals surface area (Å²) >= 11 is 0. The third kappa shape index (κ3) is 2.69. The molecular weight excluding hydrogens is 174 g/mol. The molecule has 0 amide bonds. The third-order valence-corrected chi connectivity index (χ3v) is 3.63. The molecule has 0 aromatic carbocycles. The maximum absolute atomic E-state index is 3.58. The van der Waals surface area contributed by atoms with Crippen LogP contribution in [0.15, 0.2) is 0 Å². The highest BCUT2D eigenvalue weighted by Gasteiger charge is 2.23. The molecule has 0 unspecified atom stereocenters. The van der Waals surface area contributed by atoms with E-state index in [0.717, 1.165) is 12.0 Å². The second-order valence-corrected chi connectivity index (χ2v) is 4.70. The minimum absolute atomic E-state index is 0.721. The van der Waals surface area contributed by atoms with Crippen molar-refractivity contribution < 1.29 is 0 Å². The number of nitrogens with one attached hydrogen (secondary N) is 2. The second-order valence-electron chi connectivity index (χ2n) is 4.70. The van der Waals surface area contributed by atoms with Crippen LogP contribution in [0.2, 0.25) is 0 Å². The molecule has 2 saturated heterocycles. The topological polar surface area (TPSA) is 27.3 Å². The summed E-state index contributed by atoms with van der Waals surface area (Å²) in [5.41, 5.74) is 0. The lowest BCUT2D eigenvalue weighted by atomic mass is 9.91. The summed E-state index contributed by atoms with van der Waals surface area (Å²) in [7, 11) is 0. The summed E-state index contributed by atoms with van der Waals surface area (Å²) in [5, 5.41) is 6.99. The highest BCUT2D eigenvalue weighted by Crippen LogP contribution is 2.17. The normalized spacial score (nSPS) is 35.8. The fraction of sp³-hybridized carbons (Fsp3) is 1.00. The summed E-state index contributed by atoms with van der Waals surface area (Å²) in [4.78, 5) is 2.62. The van der Waals surface area contributed by atoms with Gasteiger partial charge in [0.05, 0.1) is 0 Å². The largest absolute Gasteiger partial charge is 0.314 e. The van der Waals surface area contributed by atoms with Crippen molar-refractivity contribution in [2.24, 2.45) is 5.92 Å². The molecule has 0 aromatic rings. The Morgan fingerprint density at radius 1 is 1.21 bits per heavy atom. The van der Waals surface area contributed by atoms with Crippen molar-refractivity contribution in [1.29, 1.82) is 0 Å². The first-order chi connectivity index (χ1) is 6.86. The van der Waals surface area contributed by atoms with Gasteiger partial charge in [-0.25, -0.2) is 0 Å². The van der Waals surface area contributed by atoms with Crippen molar-refractivity contribution in [2.45, 2.75) is 25.8 Å². The summed E-state index contributed by atoms with van der Waals surface area (Å²) in [6, 6.07) is 0.721. The standard InChI is InChI=1S/C11H23N3/c1-10-11(3-2-4-13-10)9-14-7-5-12-6-8-14/h10-13H,2-9H2,1H3/t10-,11-/m1/s1. The molecule has 2 fully saturated rings. The first-order valence-electron chi connectivity index (χ1n) is 6.03. The summed E-state index contributed by atoms with van der Waals surface area (Å²) in [6.45, 7) is 9.69. The average molecular weight is 197 g/mol. The Morgan fingerprint density at radius 2 is 2.00 bits per heavy atom. The van der Waals surface area contributed by atoms with Gasteiger partial charge in [-0.1, -0.05) is 0 Å². The number of piperazine rings is 1. The molecule has 2 atom stereocenters. The van der Waals surface area contributed by atoms with Gasteiger partial charge in [0.1, 0.15) is 0 Å².